The van der Waals surface area contributed by atoms with Gasteiger partial charge in [-0.05, 0) is 67.5 Å². The molecule has 0 spiro atoms. The van der Waals surface area contributed by atoms with Crippen molar-refractivity contribution < 1.29 is 9.53 Å². The van der Waals surface area contributed by atoms with Gasteiger partial charge in [0.1, 0.15) is 0 Å². The van der Waals surface area contributed by atoms with Crippen LogP contribution in [-0.2, 0) is 11.3 Å². The quantitative estimate of drug-likeness (QED) is 0.420. The van der Waals surface area contributed by atoms with Crippen molar-refractivity contribution >= 4 is 50.6 Å². The Labute approximate surface area is 175 Å². The molecule has 1 heterocycles. The van der Waals surface area contributed by atoms with Crippen molar-refractivity contribution in [1.82, 2.24) is 9.55 Å². The summed E-state index contributed by atoms with van der Waals surface area (Å²) in [6.07, 6.45) is 0.687. The van der Waals surface area contributed by atoms with Crippen LogP contribution < -0.4 is 10.9 Å². The zero-order valence-corrected chi connectivity index (χ0v) is 17.9. The van der Waals surface area contributed by atoms with Crippen LogP contribution in [0, 0.1) is 11.7 Å². The molecule has 8 heteroatoms. The largest absolute Gasteiger partial charge is 0.385 e. The molecule has 0 fully saturated rings. The standard InChI is InChI=1S/C20H20BrN3O3S/c1-12-10-14(21)5-7-16(12)22-18(25)13-4-6-15-17(11-13)23-20(28)24(19(15)26)8-3-9-27-2/h4-7,10-11H,3,8-9H2,1-2H3,(H,22,25)(H,23,28). The molecule has 0 aliphatic carbocycles. The van der Waals surface area contributed by atoms with Crippen LogP contribution in [0.1, 0.15) is 22.3 Å². The number of benzene rings is 2. The minimum Gasteiger partial charge on any atom is -0.385 e. The number of fused-ring (bicyclic) bond motifs is 1. The van der Waals surface area contributed by atoms with Gasteiger partial charge in [0.2, 0.25) is 0 Å². The van der Waals surface area contributed by atoms with Crippen LogP contribution in [-0.4, -0.2) is 29.2 Å². The van der Waals surface area contributed by atoms with E-state index in [4.69, 9.17) is 17.0 Å². The fourth-order valence-electron chi connectivity index (χ4n) is 2.93. The average molecular weight is 462 g/mol. The van der Waals surface area contributed by atoms with E-state index in [0.29, 0.717) is 40.8 Å². The second-order valence-corrected chi connectivity index (χ2v) is 7.71. The summed E-state index contributed by atoms with van der Waals surface area (Å²) in [7, 11) is 1.62. The summed E-state index contributed by atoms with van der Waals surface area (Å²) in [6.45, 7) is 2.95. The molecular weight excluding hydrogens is 442 g/mol. The highest BCUT2D eigenvalue weighted by atomic mass is 79.9. The molecule has 0 aliphatic heterocycles. The molecule has 0 unspecified atom stereocenters. The highest BCUT2D eigenvalue weighted by molar-refractivity contribution is 9.10. The SMILES string of the molecule is COCCCn1c(=S)[nH]c2cc(C(=O)Nc3ccc(Br)cc3C)ccc2c1=O. The second kappa shape index (κ2) is 8.81. The number of aromatic nitrogens is 2. The first-order valence-corrected chi connectivity index (χ1v) is 9.94. The maximum atomic E-state index is 12.7. The molecule has 0 saturated carbocycles. The number of nitrogens with zero attached hydrogens (tertiary/aromatic N) is 1. The summed E-state index contributed by atoms with van der Waals surface area (Å²) in [4.78, 5) is 28.4. The van der Waals surface area contributed by atoms with E-state index in [1.54, 1.807) is 25.3 Å². The van der Waals surface area contributed by atoms with E-state index in [2.05, 4.69) is 26.2 Å². The van der Waals surface area contributed by atoms with Crippen molar-refractivity contribution in [1.29, 1.82) is 0 Å². The lowest BCUT2D eigenvalue weighted by molar-refractivity contribution is 0.102. The summed E-state index contributed by atoms with van der Waals surface area (Å²) in [6, 6.07) is 10.6. The number of anilines is 1. The van der Waals surface area contributed by atoms with Gasteiger partial charge in [0.25, 0.3) is 11.5 Å². The summed E-state index contributed by atoms with van der Waals surface area (Å²) >= 11 is 8.73. The van der Waals surface area contributed by atoms with Crippen molar-refractivity contribution in [3.05, 3.63) is 67.1 Å². The Balaban J connectivity index is 1.91. The molecular formula is C20H20BrN3O3S. The average Bonchev–Trinajstić information content (AvgIpc) is 2.66. The Hall–Kier alpha value is -2.29. The Morgan fingerprint density at radius 1 is 1.29 bits per heavy atom. The van der Waals surface area contributed by atoms with Crippen LogP contribution in [0.3, 0.4) is 0 Å². The normalized spacial score (nSPS) is 11.0. The van der Waals surface area contributed by atoms with Gasteiger partial charge in [-0.15, -0.1) is 0 Å². The number of carbonyl (C=O) groups excluding carboxylic acids is 1. The van der Waals surface area contributed by atoms with Gasteiger partial charge >= 0.3 is 0 Å². The number of amides is 1. The Kier molecular flexibility index (Phi) is 6.43. The summed E-state index contributed by atoms with van der Waals surface area (Å²) in [5, 5.41) is 3.38. The lowest BCUT2D eigenvalue weighted by atomic mass is 10.1. The molecule has 2 N–H and O–H groups in total. The molecule has 3 aromatic rings. The number of halogens is 1. The van der Waals surface area contributed by atoms with Crippen molar-refractivity contribution in [3.8, 4) is 0 Å². The molecule has 0 aliphatic rings. The van der Waals surface area contributed by atoms with Crippen LogP contribution in [0.5, 0.6) is 0 Å². The summed E-state index contributed by atoms with van der Waals surface area (Å²) in [5.74, 6) is -0.254. The third-order valence-electron chi connectivity index (χ3n) is 4.41. The summed E-state index contributed by atoms with van der Waals surface area (Å²) in [5.41, 5.74) is 2.48. The van der Waals surface area contributed by atoms with Gasteiger partial charge in [-0.25, -0.2) is 0 Å². The smallest absolute Gasteiger partial charge is 0.262 e. The van der Waals surface area contributed by atoms with E-state index < -0.39 is 0 Å². The number of H-pyrrole nitrogens is 1. The first-order valence-electron chi connectivity index (χ1n) is 8.74. The predicted molar refractivity (Wildman–Crippen MR) is 117 cm³/mol. The molecule has 1 amide bonds. The Morgan fingerprint density at radius 2 is 2.07 bits per heavy atom. The van der Waals surface area contributed by atoms with Crippen molar-refractivity contribution in [2.75, 3.05) is 19.0 Å². The van der Waals surface area contributed by atoms with Crippen LogP contribution >= 0.6 is 28.1 Å². The van der Waals surface area contributed by atoms with E-state index in [9.17, 15) is 9.59 Å². The molecule has 0 saturated heterocycles. The highest BCUT2D eigenvalue weighted by Crippen LogP contribution is 2.21. The fourth-order valence-corrected chi connectivity index (χ4v) is 3.69. The van der Waals surface area contributed by atoms with Crippen LogP contribution in [0.15, 0.2) is 45.7 Å². The van der Waals surface area contributed by atoms with Crippen LogP contribution in [0.25, 0.3) is 10.9 Å². The van der Waals surface area contributed by atoms with Crippen molar-refractivity contribution in [3.63, 3.8) is 0 Å². The summed E-state index contributed by atoms with van der Waals surface area (Å²) < 4.78 is 7.82. The molecule has 0 atom stereocenters. The predicted octanol–water partition coefficient (Wildman–Crippen LogP) is 4.42. The number of carbonyl (C=O) groups is 1. The lowest BCUT2D eigenvalue weighted by Crippen LogP contribution is -2.23. The minimum atomic E-state index is -0.254. The van der Waals surface area contributed by atoms with Gasteiger partial charge in [-0.2, -0.15) is 0 Å². The zero-order chi connectivity index (χ0) is 20.3. The van der Waals surface area contributed by atoms with Crippen molar-refractivity contribution in [2.24, 2.45) is 0 Å². The number of methoxy groups -OCH3 is 1. The topological polar surface area (TPSA) is 76.1 Å². The van der Waals surface area contributed by atoms with E-state index in [1.165, 1.54) is 4.57 Å². The molecule has 1 aromatic heterocycles. The third-order valence-corrected chi connectivity index (χ3v) is 5.23. The molecule has 146 valence electrons. The van der Waals surface area contributed by atoms with Gasteiger partial charge < -0.3 is 15.0 Å². The molecule has 3 rings (SSSR count). The lowest BCUT2D eigenvalue weighted by Gasteiger charge is -2.11. The number of aromatic amines is 1. The van der Waals surface area contributed by atoms with Gasteiger partial charge in [-0.1, -0.05) is 15.9 Å². The molecule has 6 nitrogen and oxygen atoms in total. The second-order valence-electron chi connectivity index (χ2n) is 6.41. The molecule has 2 aromatic carbocycles. The Morgan fingerprint density at radius 3 is 2.79 bits per heavy atom. The van der Waals surface area contributed by atoms with E-state index in [0.717, 1.165) is 15.7 Å². The maximum absolute atomic E-state index is 12.7. The number of hydrogen-bond acceptors (Lipinski definition) is 4. The van der Waals surface area contributed by atoms with Crippen LogP contribution in [0.4, 0.5) is 5.69 Å². The van der Waals surface area contributed by atoms with Crippen LogP contribution in [0.2, 0.25) is 0 Å². The van der Waals surface area contributed by atoms with Gasteiger partial charge in [0.05, 0.1) is 10.9 Å². The zero-order valence-electron chi connectivity index (χ0n) is 15.5. The van der Waals surface area contributed by atoms with Gasteiger partial charge in [0.15, 0.2) is 4.77 Å². The number of nitrogens with one attached hydrogen (secondary N) is 2. The van der Waals surface area contributed by atoms with E-state index >= 15 is 0 Å². The number of hydrogen-bond donors (Lipinski definition) is 2. The Bertz CT molecular complexity index is 1150. The van der Waals surface area contributed by atoms with Gasteiger partial charge in [0, 0.05) is 36.0 Å². The maximum Gasteiger partial charge on any atom is 0.262 e. The minimum absolute atomic E-state index is 0.175. The van der Waals surface area contributed by atoms with Crippen molar-refractivity contribution in [2.45, 2.75) is 19.9 Å². The molecule has 0 radical (unpaired) electrons. The van der Waals surface area contributed by atoms with E-state index in [1.807, 2.05) is 25.1 Å². The highest BCUT2D eigenvalue weighted by Gasteiger charge is 2.12. The first-order chi connectivity index (χ1) is 13.4. The number of ether oxygens (including phenoxy) is 1. The number of aryl methyl sites for hydroxylation is 1. The van der Waals surface area contributed by atoms with Gasteiger partial charge in [-0.3, -0.25) is 14.2 Å². The fraction of sp³-hybridized carbons (Fsp3) is 0.250. The first kappa shape index (κ1) is 20.4. The molecule has 28 heavy (non-hydrogen) atoms. The third kappa shape index (κ3) is 4.40. The van der Waals surface area contributed by atoms with E-state index in [-0.39, 0.29) is 11.5 Å². The monoisotopic (exact) mass is 461 g/mol. The molecule has 0 bridgehead atoms. The number of rotatable bonds is 6.